The molecule has 2 aromatic rings. The predicted molar refractivity (Wildman–Crippen MR) is 91.2 cm³/mol. The van der Waals surface area contributed by atoms with Crippen LogP contribution in [-0.2, 0) is 6.54 Å². The molecule has 3 rings (SSSR count). The zero-order chi connectivity index (χ0) is 15.9. The van der Waals surface area contributed by atoms with Crippen molar-refractivity contribution in [3.05, 3.63) is 59.9 Å². The first-order chi connectivity index (χ1) is 11.3. The van der Waals surface area contributed by atoms with E-state index in [1.807, 2.05) is 18.2 Å². The summed E-state index contributed by atoms with van der Waals surface area (Å²) in [6, 6.07) is 14.8. The van der Waals surface area contributed by atoms with Crippen molar-refractivity contribution >= 4 is 0 Å². The molecule has 3 heteroatoms. The van der Waals surface area contributed by atoms with Crippen LogP contribution >= 0.6 is 0 Å². The molecule has 1 fully saturated rings. The maximum atomic E-state index is 12.9. The summed E-state index contributed by atoms with van der Waals surface area (Å²) >= 11 is 0. The van der Waals surface area contributed by atoms with Gasteiger partial charge in [0, 0.05) is 12.6 Å². The fraction of sp³-hybridized carbons (Fsp3) is 0.400. The maximum Gasteiger partial charge on any atom is 0.127 e. The summed E-state index contributed by atoms with van der Waals surface area (Å²) in [5.74, 6) is 1.19. The van der Waals surface area contributed by atoms with Crippen molar-refractivity contribution in [1.29, 1.82) is 0 Å². The van der Waals surface area contributed by atoms with Crippen molar-refractivity contribution < 1.29 is 9.13 Å². The van der Waals surface area contributed by atoms with Crippen LogP contribution in [0.25, 0.3) is 0 Å². The molecule has 0 heterocycles. The molecule has 1 saturated carbocycles. The Balaban J connectivity index is 1.57. The summed E-state index contributed by atoms with van der Waals surface area (Å²) in [7, 11) is 0. The standard InChI is InChI=1S/C20H24FNO/c21-17-10-12-19(13-11-17)23-20-9-5-6-16(14-20)15-22-18-7-3-1-2-4-8-18/h5-6,9-14,18,22H,1-4,7-8,15H2. The SMILES string of the molecule is Fc1ccc(Oc2cccc(CNC3CCCCCC3)c2)cc1. The van der Waals surface area contributed by atoms with E-state index in [0.717, 1.165) is 12.3 Å². The van der Waals surface area contributed by atoms with Gasteiger partial charge in [0.25, 0.3) is 0 Å². The fourth-order valence-electron chi connectivity index (χ4n) is 3.10. The molecule has 1 aliphatic rings. The van der Waals surface area contributed by atoms with Crippen molar-refractivity contribution in [3.8, 4) is 11.5 Å². The van der Waals surface area contributed by atoms with Gasteiger partial charge in [0.1, 0.15) is 17.3 Å². The van der Waals surface area contributed by atoms with Crippen molar-refractivity contribution in [2.45, 2.75) is 51.1 Å². The Kier molecular flexibility index (Phi) is 5.65. The Labute approximate surface area is 137 Å². The van der Waals surface area contributed by atoms with E-state index in [0.29, 0.717) is 11.8 Å². The van der Waals surface area contributed by atoms with Crippen molar-refractivity contribution in [1.82, 2.24) is 5.32 Å². The lowest BCUT2D eigenvalue weighted by Gasteiger charge is -2.16. The van der Waals surface area contributed by atoms with Crippen LogP contribution in [0.4, 0.5) is 4.39 Å². The van der Waals surface area contributed by atoms with Crippen molar-refractivity contribution in [2.24, 2.45) is 0 Å². The highest BCUT2D eigenvalue weighted by atomic mass is 19.1. The molecule has 0 bridgehead atoms. The summed E-state index contributed by atoms with van der Waals surface area (Å²) in [5.41, 5.74) is 1.22. The second-order valence-electron chi connectivity index (χ2n) is 6.27. The van der Waals surface area contributed by atoms with Gasteiger partial charge < -0.3 is 10.1 Å². The van der Waals surface area contributed by atoms with E-state index in [1.54, 1.807) is 12.1 Å². The van der Waals surface area contributed by atoms with E-state index in [1.165, 1.54) is 56.2 Å². The van der Waals surface area contributed by atoms with Gasteiger partial charge in [-0.15, -0.1) is 0 Å². The third kappa shape index (κ3) is 5.07. The number of ether oxygens (including phenoxy) is 1. The summed E-state index contributed by atoms with van der Waals surface area (Å²) < 4.78 is 18.7. The van der Waals surface area contributed by atoms with Crippen LogP contribution in [-0.4, -0.2) is 6.04 Å². The minimum absolute atomic E-state index is 0.251. The van der Waals surface area contributed by atoms with Gasteiger partial charge in [-0.25, -0.2) is 4.39 Å². The lowest BCUT2D eigenvalue weighted by Crippen LogP contribution is -2.27. The van der Waals surface area contributed by atoms with E-state index >= 15 is 0 Å². The molecule has 1 N–H and O–H groups in total. The molecule has 0 aromatic heterocycles. The maximum absolute atomic E-state index is 12.9. The topological polar surface area (TPSA) is 21.3 Å². The number of benzene rings is 2. The molecule has 0 saturated heterocycles. The largest absolute Gasteiger partial charge is 0.457 e. The molecule has 122 valence electrons. The van der Waals surface area contributed by atoms with Gasteiger partial charge >= 0.3 is 0 Å². The van der Waals surface area contributed by atoms with Crippen LogP contribution < -0.4 is 10.1 Å². The molecule has 0 radical (unpaired) electrons. The second-order valence-corrected chi connectivity index (χ2v) is 6.27. The Hall–Kier alpha value is -1.87. The summed E-state index contributed by atoms with van der Waals surface area (Å²) in [6.45, 7) is 0.866. The lowest BCUT2D eigenvalue weighted by atomic mass is 10.1. The molecule has 0 amide bonds. The first-order valence-electron chi connectivity index (χ1n) is 8.55. The molecule has 0 aliphatic heterocycles. The van der Waals surface area contributed by atoms with Crippen molar-refractivity contribution in [3.63, 3.8) is 0 Å². The molecule has 2 nitrogen and oxygen atoms in total. The van der Waals surface area contributed by atoms with E-state index < -0.39 is 0 Å². The highest BCUT2D eigenvalue weighted by Gasteiger charge is 2.11. The highest BCUT2D eigenvalue weighted by Crippen LogP contribution is 2.23. The van der Waals surface area contributed by atoms with Gasteiger partial charge in [-0.3, -0.25) is 0 Å². The zero-order valence-electron chi connectivity index (χ0n) is 13.4. The molecular formula is C20H24FNO. The summed E-state index contributed by atoms with van der Waals surface area (Å²) in [5, 5.41) is 3.67. The molecular weight excluding hydrogens is 289 g/mol. The number of hydrogen-bond acceptors (Lipinski definition) is 2. The Morgan fingerprint density at radius 2 is 1.65 bits per heavy atom. The monoisotopic (exact) mass is 313 g/mol. The van der Waals surface area contributed by atoms with E-state index in [-0.39, 0.29) is 5.82 Å². The van der Waals surface area contributed by atoms with E-state index in [4.69, 9.17) is 4.74 Å². The predicted octanol–water partition coefficient (Wildman–Crippen LogP) is 5.43. The fourth-order valence-corrected chi connectivity index (χ4v) is 3.10. The quantitative estimate of drug-likeness (QED) is 0.743. The number of nitrogens with one attached hydrogen (secondary N) is 1. The van der Waals surface area contributed by atoms with Crippen LogP contribution in [0.2, 0.25) is 0 Å². The molecule has 0 atom stereocenters. The van der Waals surface area contributed by atoms with E-state index in [2.05, 4.69) is 11.4 Å². The number of hydrogen-bond donors (Lipinski definition) is 1. The van der Waals surface area contributed by atoms with Crippen LogP contribution in [0, 0.1) is 5.82 Å². The normalized spacial score (nSPS) is 16.0. The molecule has 23 heavy (non-hydrogen) atoms. The molecule has 2 aromatic carbocycles. The van der Waals surface area contributed by atoms with Gasteiger partial charge in [-0.1, -0.05) is 37.8 Å². The molecule has 1 aliphatic carbocycles. The number of halogens is 1. The van der Waals surface area contributed by atoms with E-state index in [9.17, 15) is 4.39 Å². The van der Waals surface area contributed by atoms with Gasteiger partial charge in [0.2, 0.25) is 0 Å². The van der Waals surface area contributed by atoms with Crippen LogP contribution in [0.5, 0.6) is 11.5 Å². The summed E-state index contributed by atoms with van der Waals surface area (Å²) in [4.78, 5) is 0. The Morgan fingerprint density at radius 3 is 2.39 bits per heavy atom. The zero-order valence-corrected chi connectivity index (χ0v) is 13.4. The Morgan fingerprint density at radius 1 is 0.913 bits per heavy atom. The van der Waals surface area contributed by atoms with Gasteiger partial charge in [0.05, 0.1) is 0 Å². The molecule has 0 spiro atoms. The highest BCUT2D eigenvalue weighted by molar-refractivity contribution is 5.34. The Bertz CT molecular complexity index is 603. The van der Waals surface area contributed by atoms with Crippen molar-refractivity contribution in [2.75, 3.05) is 0 Å². The number of rotatable bonds is 5. The second kappa shape index (κ2) is 8.11. The van der Waals surface area contributed by atoms with Crippen LogP contribution in [0.3, 0.4) is 0 Å². The van der Waals surface area contributed by atoms with Gasteiger partial charge in [-0.05, 0) is 54.8 Å². The first kappa shape index (κ1) is 16.0. The lowest BCUT2D eigenvalue weighted by molar-refractivity contribution is 0.456. The smallest absolute Gasteiger partial charge is 0.127 e. The average molecular weight is 313 g/mol. The van der Waals surface area contributed by atoms with Gasteiger partial charge in [0.15, 0.2) is 0 Å². The minimum Gasteiger partial charge on any atom is -0.457 e. The first-order valence-corrected chi connectivity index (χ1v) is 8.55. The summed E-state index contributed by atoms with van der Waals surface area (Å²) in [6.07, 6.45) is 7.99. The van der Waals surface area contributed by atoms with Gasteiger partial charge in [-0.2, -0.15) is 0 Å². The molecule has 0 unspecified atom stereocenters. The van der Waals surface area contributed by atoms with Crippen LogP contribution in [0.15, 0.2) is 48.5 Å². The average Bonchev–Trinajstić information content (AvgIpc) is 2.84. The minimum atomic E-state index is -0.251. The third-order valence-electron chi connectivity index (χ3n) is 4.40. The van der Waals surface area contributed by atoms with Crippen LogP contribution in [0.1, 0.15) is 44.1 Å². The third-order valence-corrected chi connectivity index (χ3v) is 4.40.